The molecule has 3 N–H and O–H groups in total. The van der Waals surface area contributed by atoms with E-state index in [-0.39, 0.29) is 12.0 Å². The van der Waals surface area contributed by atoms with E-state index in [1.807, 2.05) is 0 Å². The van der Waals surface area contributed by atoms with Gasteiger partial charge in [-0.15, -0.1) is 0 Å². The number of aryl methyl sites for hydroxylation is 1. The Bertz CT molecular complexity index is 792. The summed E-state index contributed by atoms with van der Waals surface area (Å²) < 4.78 is 26.5. The van der Waals surface area contributed by atoms with E-state index in [9.17, 15) is 24.1 Å². The average Bonchev–Trinajstić information content (AvgIpc) is 2.91. The Hall–Kier alpha value is -2.16. The van der Waals surface area contributed by atoms with Crippen molar-refractivity contribution in [2.45, 2.75) is 37.7 Å². The van der Waals surface area contributed by atoms with Gasteiger partial charge in [-0.2, -0.15) is 0 Å². The number of hydrogen-bond acceptors (Lipinski definition) is 6. The molecule has 1 fully saturated rings. The Morgan fingerprint density at radius 1 is 1.15 bits per heavy atom. The van der Waals surface area contributed by atoms with Gasteiger partial charge in [-0.1, -0.05) is 6.07 Å². The van der Waals surface area contributed by atoms with Gasteiger partial charge >= 0.3 is 0 Å². The minimum absolute atomic E-state index is 0.154. The van der Waals surface area contributed by atoms with Crippen LogP contribution in [0.1, 0.15) is 23.9 Å². The number of aromatic nitrogens is 2. The number of benzene rings is 1. The van der Waals surface area contributed by atoms with E-state index in [4.69, 9.17) is 0 Å². The molecule has 0 radical (unpaired) electrons. The van der Waals surface area contributed by atoms with E-state index in [1.165, 1.54) is 6.07 Å². The monoisotopic (exact) mass is 365 g/mol. The molecular weight excluding hydrogens is 344 g/mol. The molecule has 1 aliphatic rings. The van der Waals surface area contributed by atoms with E-state index in [1.54, 1.807) is 31.1 Å². The lowest BCUT2D eigenvalue weighted by molar-refractivity contribution is -0.0232. The maximum atomic E-state index is 13.4. The Balaban J connectivity index is 1.81. The molecular formula is C18H21F2N3O3. The van der Waals surface area contributed by atoms with Crippen LogP contribution in [0.5, 0.6) is 0 Å². The van der Waals surface area contributed by atoms with Crippen molar-refractivity contribution in [3.63, 3.8) is 0 Å². The molecule has 1 aliphatic carbocycles. The van der Waals surface area contributed by atoms with Crippen LogP contribution in [-0.2, 0) is 0 Å². The summed E-state index contributed by atoms with van der Waals surface area (Å²) in [6.07, 6.45) is -1.73. The summed E-state index contributed by atoms with van der Waals surface area (Å²) in [5.41, 5.74) is 0.154. The van der Waals surface area contributed by atoms with Crippen LogP contribution < -0.4 is 4.90 Å². The van der Waals surface area contributed by atoms with Crippen LogP contribution in [0.4, 0.5) is 14.6 Å². The maximum absolute atomic E-state index is 13.4. The van der Waals surface area contributed by atoms with Crippen LogP contribution in [-0.4, -0.2) is 50.6 Å². The molecule has 8 heteroatoms. The van der Waals surface area contributed by atoms with Crippen LogP contribution in [0.3, 0.4) is 0 Å². The predicted octanol–water partition coefficient (Wildman–Crippen LogP) is 1.34. The topological polar surface area (TPSA) is 89.7 Å². The number of anilines is 1. The zero-order valence-corrected chi connectivity index (χ0v) is 14.4. The molecule has 2 aromatic rings. The minimum Gasteiger partial charge on any atom is -0.390 e. The van der Waals surface area contributed by atoms with Crippen molar-refractivity contribution in [3.8, 4) is 0 Å². The third-order valence-corrected chi connectivity index (χ3v) is 5.01. The number of halogens is 2. The lowest BCUT2D eigenvalue weighted by Gasteiger charge is -2.28. The number of aliphatic hydroxyl groups is 3. The number of rotatable bonds is 4. The molecule has 1 unspecified atom stereocenters. The molecule has 5 atom stereocenters. The van der Waals surface area contributed by atoms with Gasteiger partial charge in [0.2, 0.25) is 0 Å². The van der Waals surface area contributed by atoms with Gasteiger partial charge in [-0.3, -0.25) is 0 Å². The van der Waals surface area contributed by atoms with Gasteiger partial charge in [0.25, 0.3) is 0 Å². The summed E-state index contributed by atoms with van der Waals surface area (Å²) in [7, 11) is 1.73. The molecule has 3 rings (SSSR count). The Morgan fingerprint density at radius 2 is 1.88 bits per heavy atom. The van der Waals surface area contributed by atoms with Crippen molar-refractivity contribution in [3.05, 3.63) is 53.5 Å². The highest BCUT2D eigenvalue weighted by molar-refractivity contribution is 5.39. The summed E-state index contributed by atoms with van der Waals surface area (Å²) in [5.74, 6) is -1.66. The normalized spacial score (nSPS) is 26.7. The Morgan fingerprint density at radius 3 is 2.54 bits per heavy atom. The zero-order chi connectivity index (χ0) is 19.0. The molecule has 1 heterocycles. The molecule has 1 aromatic carbocycles. The highest BCUT2D eigenvalue weighted by Crippen LogP contribution is 2.39. The second-order valence-electron chi connectivity index (χ2n) is 6.64. The Kier molecular flexibility index (Phi) is 5.17. The molecule has 0 saturated heterocycles. The first-order valence-electron chi connectivity index (χ1n) is 8.31. The first-order chi connectivity index (χ1) is 12.3. The fourth-order valence-electron chi connectivity index (χ4n) is 3.50. The fourth-order valence-corrected chi connectivity index (χ4v) is 3.50. The summed E-state index contributed by atoms with van der Waals surface area (Å²) in [4.78, 5) is 10.0. The van der Waals surface area contributed by atoms with E-state index < -0.39 is 41.9 Å². The summed E-state index contributed by atoms with van der Waals surface area (Å²) >= 11 is 0. The van der Waals surface area contributed by atoms with Gasteiger partial charge in [0.15, 0.2) is 11.6 Å². The first kappa shape index (κ1) is 18.6. The largest absolute Gasteiger partial charge is 0.390 e. The Labute approximate surface area is 149 Å². The van der Waals surface area contributed by atoms with Gasteiger partial charge in [0, 0.05) is 19.2 Å². The second kappa shape index (κ2) is 7.22. The zero-order valence-electron chi connectivity index (χ0n) is 14.4. The summed E-state index contributed by atoms with van der Waals surface area (Å²) in [6, 6.07) is 4.30. The molecule has 1 saturated carbocycles. The van der Waals surface area contributed by atoms with Crippen LogP contribution >= 0.6 is 0 Å². The number of nitrogens with zero attached hydrogens (tertiary/aromatic N) is 3. The molecule has 0 aliphatic heterocycles. The SMILES string of the molecule is Cc1nccc(N(C)[C@@H]2C[C@H](C(O)c3ccc(F)c(F)c3)[C@@H](O)[C@H]2O)n1. The molecule has 26 heavy (non-hydrogen) atoms. The average molecular weight is 365 g/mol. The summed E-state index contributed by atoms with van der Waals surface area (Å²) in [6.45, 7) is 1.74. The summed E-state index contributed by atoms with van der Waals surface area (Å²) in [5, 5.41) is 31.4. The van der Waals surface area contributed by atoms with Gasteiger partial charge < -0.3 is 20.2 Å². The van der Waals surface area contributed by atoms with Crippen LogP contribution in [0.25, 0.3) is 0 Å². The molecule has 6 nitrogen and oxygen atoms in total. The lowest BCUT2D eigenvalue weighted by Crippen LogP contribution is -2.42. The third kappa shape index (κ3) is 3.40. The van der Waals surface area contributed by atoms with Crippen LogP contribution in [0, 0.1) is 24.5 Å². The van der Waals surface area contributed by atoms with E-state index >= 15 is 0 Å². The van der Waals surface area contributed by atoms with Gasteiger partial charge in [-0.05, 0) is 37.1 Å². The quantitative estimate of drug-likeness (QED) is 0.758. The van der Waals surface area contributed by atoms with Crippen molar-refractivity contribution in [1.82, 2.24) is 9.97 Å². The molecule has 0 amide bonds. The van der Waals surface area contributed by atoms with E-state index in [0.717, 1.165) is 12.1 Å². The standard InChI is InChI=1S/C18H21F2N3O3/c1-9-21-6-5-15(22-9)23(2)14-8-11(17(25)18(14)26)16(24)10-3-4-12(19)13(20)7-10/h3-7,11,14,16-18,24-26H,8H2,1-2H3/t11-,14-,16?,17-,18+/m1/s1. The van der Waals surface area contributed by atoms with Gasteiger partial charge in [0.1, 0.15) is 17.7 Å². The predicted molar refractivity (Wildman–Crippen MR) is 90.4 cm³/mol. The van der Waals surface area contributed by atoms with Crippen molar-refractivity contribution in [2.75, 3.05) is 11.9 Å². The van der Waals surface area contributed by atoms with E-state index in [0.29, 0.717) is 11.6 Å². The van der Waals surface area contributed by atoms with E-state index in [2.05, 4.69) is 9.97 Å². The number of hydrogen-bond donors (Lipinski definition) is 3. The molecule has 1 aromatic heterocycles. The van der Waals surface area contributed by atoms with Crippen molar-refractivity contribution < 1.29 is 24.1 Å². The first-order valence-corrected chi connectivity index (χ1v) is 8.31. The third-order valence-electron chi connectivity index (χ3n) is 5.01. The molecule has 0 spiro atoms. The second-order valence-corrected chi connectivity index (χ2v) is 6.64. The van der Waals surface area contributed by atoms with Crippen molar-refractivity contribution in [2.24, 2.45) is 5.92 Å². The smallest absolute Gasteiger partial charge is 0.159 e. The highest BCUT2D eigenvalue weighted by Gasteiger charge is 2.46. The highest BCUT2D eigenvalue weighted by atomic mass is 19.2. The molecule has 140 valence electrons. The van der Waals surface area contributed by atoms with Crippen LogP contribution in [0.15, 0.2) is 30.5 Å². The van der Waals surface area contributed by atoms with Crippen LogP contribution in [0.2, 0.25) is 0 Å². The maximum Gasteiger partial charge on any atom is 0.159 e. The van der Waals surface area contributed by atoms with Crippen molar-refractivity contribution in [1.29, 1.82) is 0 Å². The fraction of sp³-hybridized carbons (Fsp3) is 0.444. The molecule has 0 bridgehead atoms. The lowest BCUT2D eigenvalue weighted by atomic mass is 9.92. The van der Waals surface area contributed by atoms with Gasteiger partial charge in [-0.25, -0.2) is 18.7 Å². The number of likely N-dealkylation sites (N-methyl/N-ethyl adjacent to an activating group) is 1. The van der Waals surface area contributed by atoms with Gasteiger partial charge in [0.05, 0.1) is 18.2 Å². The minimum atomic E-state index is -1.24. The van der Waals surface area contributed by atoms with Crippen molar-refractivity contribution >= 4 is 5.82 Å². The number of aliphatic hydroxyl groups excluding tert-OH is 3.